The molecule has 1 aliphatic rings. The standard InChI is InChI=1S/C37H42N4O3S/c1-3-5-20-43-21-22-44-34-12-8-29(9-13-34)30-10-14-35-32(23-30)24-31(16-19-41(35)18-4-2)37(42)40-33-11-15-36(39-26-33)45-27-28-7-6-17-38-25-28/h6-15,17,23-26H,3-5,16,18-22,27H2,1-2H3,(H,40,42). The van der Waals surface area contributed by atoms with E-state index in [2.05, 4.69) is 70.4 Å². The van der Waals surface area contributed by atoms with Crippen LogP contribution in [-0.2, 0) is 15.3 Å². The van der Waals surface area contributed by atoms with Crippen molar-refractivity contribution in [1.82, 2.24) is 9.97 Å². The maximum Gasteiger partial charge on any atom is 0.251 e. The number of hydrogen-bond acceptors (Lipinski definition) is 7. The second-order valence-corrected chi connectivity index (χ2v) is 12.0. The van der Waals surface area contributed by atoms with Crippen molar-refractivity contribution >= 4 is 35.1 Å². The van der Waals surface area contributed by atoms with Crippen molar-refractivity contribution in [1.29, 1.82) is 0 Å². The monoisotopic (exact) mass is 622 g/mol. The zero-order chi connectivity index (χ0) is 31.3. The molecule has 0 bridgehead atoms. The first-order valence-electron chi connectivity index (χ1n) is 15.8. The number of thioether (sulfide) groups is 1. The fourth-order valence-corrected chi connectivity index (χ4v) is 5.93. The zero-order valence-electron chi connectivity index (χ0n) is 26.2. The number of nitrogens with one attached hydrogen (secondary N) is 1. The Morgan fingerprint density at radius 1 is 0.956 bits per heavy atom. The molecule has 3 heterocycles. The predicted octanol–water partition coefficient (Wildman–Crippen LogP) is 8.27. The van der Waals surface area contributed by atoms with E-state index in [1.54, 1.807) is 24.2 Å². The third-order valence-corrected chi connectivity index (χ3v) is 8.58. The Bertz CT molecular complexity index is 1540. The van der Waals surface area contributed by atoms with Gasteiger partial charge in [-0.2, -0.15) is 0 Å². The Kier molecular flexibility index (Phi) is 12.0. The van der Waals surface area contributed by atoms with Crippen LogP contribution in [0.15, 0.2) is 95.9 Å². The number of pyridine rings is 2. The van der Waals surface area contributed by atoms with Gasteiger partial charge in [0.1, 0.15) is 12.4 Å². The number of amides is 1. The molecular formula is C37H42N4O3S. The number of rotatable bonds is 15. The van der Waals surface area contributed by atoms with E-state index in [-0.39, 0.29) is 5.91 Å². The van der Waals surface area contributed by atoms with E-state index in [4.69, 9.17) is 9.47 Å². The zero-order valence-corrected chi connectivity index (χ0v) is 27.0. The van der Waals surface area contributed by atoms with E-state index in [0.717, 1.165) is 89.0 Å². The first-order chi connectivity index (χ1) is 22.1. The molecular weight excluding hydrogens is 580 g/mol. The summed E-state index contributed by atoms with van der Waals surface area (Å²) in [7, 11) is 0. The number of fused-ring (bicyclic) bond motifs is 1. The maximum atomic E-state index is 13.5. The van der Waals surface area contributed by atoms with Gasteiger partial charge in [-0.1, -0.05) is 44.5 Å². The van der Waals surface area contributed by atoms with Crippen LogP contribution in [0.3, 0.4) is 0 Å². The SMILES string of the molecule is CCCCOCCOc1ccc(-c2ccc3c(c2)C=C(C(=O)Nc2ccc(SCc4cccnc4)nc2)CCN3CCC)cc1. The molecule has 234 valence electrons. The van der Waals surface area contributed by atoms with Crippen LogP contribution in [0.1, 0.15) is 50.7 Å². The minimum absolute atomic E-state index is 0.0950. The molecule has 4 aromatic rings. The molecule has 8 heteroatoms. The largest absolute Gasteiger partial charge is 0.491 e. The molecule has 5 rings (SSSR count). The van der Waals surface area contributed by atoms with Crippen molar-refractivity contribution in [2.45, 2.75) is 50.3 Å². The first-order valence-corrected chi connectivity index (χ1v) is 16.8. The summed E-state index contributed by atoms with van der Waals surface area (Å²) in [6, 6.07) is 22.5. The quantitative estimate of drug-likeness (QED) is 0.106. The highest BCUT2D eigenvalue weighted by Gasteiger charge is 2.20. The highest BCUT2D eigenvalue weighted by atomic mass is 32.2. The van der Waals surface area contributed by atoms with E-state index < -0.39 is 0 Å². The number of aromatic nitrogens is 2. The molecule has 0 spiro atoms. The minimum atomic E-state index is -0.0950. The van der Waals surface area contributed by atoms with Crippen LogP contribution in [0.4, 0.5) is 11.4 Å². The Balaban J connectivity index is 1.25. The molecule has 0 unspecified atom stereocenters. The lowest BCUT2D eigenvalue weighted by atomic mass is 10.00. The van der Waals surface area contributed by atoms with E-state index >= 15 is 0 Å². The second-order valence-electron chi connectivity index (χ2n) is 11.0. The minimum Gasteiger partial charge on any atom is -0.491 e. The van der Waals surface area contributed by atoms with Gasteiger partial charge in [-0.15, -0.1) is 11.8 Å². The summed E-state index contributed by atoms with van der Waals surface area (Å²) in [5, 5.41) is 3.97. The van der Waals surface area contributed by atoms with Crippen LogP contribution in [-0.4, -0.2) is 48.8 Å². The normalized spacial score (nSPS) is 12.7. The van der Waals surface area contributed by atoms with Gasteiger partial charge < -0.3 is 19.7 Å². The summed E-state index contributed by atoms with van der Waals surface area (Å²) in [6.45, 7) is 7.98. The predicted molar refractivity (Wildman–Crippen MR) is 185 cm³/mol. The average Bonchev–Trinajstić information content (AvgIpc) is 3.26. The van der Waals surface area contributed by atoms with Gasteiger partial charge in [0.25, 0.3) is 5.91 Å². The molecule has 0 atom stereocenters. The number of benzene rings is 2. The molecule has 1 amide bonds. The van der Waals surface area contributed by atoms with E-state index in [1.807, 2.05) is 42.6 Å². The number of unbranched alkanes of at least 4 members (excludes halogenated alkanes) is 1. The van der Waals surface area contributed by atoms with Gasteiger partial charge in [0.05, 0.1) is 23.5 Å². The Labute approximate surface area is 271 Å². The van der Waals surface area contributed by atoms with Crippen molar-refractivity contribution in [2.75, 3.05) is 43.1 Å². The highest BCUT2D eigenvalue weighted by Crippen LogP contribution is 2.33. The Morgan fingerprint density at radius 2 is 1.82 bits per heavy atom. The first kappa shape index (κ1) is 32.3. The van der Waals surface area contributed by atoms with Gasteiger partial charge in [-0.3, -0.25) is 9.78 Å². The number of ether oxygens (including phenoxy) is 2. The van der Waals surface area contributed by atoms with Gasteiger partial charge in [0.15, 0.2) is 0 Å². The van der Waals surface area contributed by atoms with Crippen LogP contribution in [0.2, 0.25) is 0 Å². The van der Waals surface area contributed by atoms with E-state index in [9.17, 15) is 4.79 Å². The summed E-state index contributed by atoms with van der Waals surface area (Å²) < 4.78 is 11.5. The highest BCUT2D eigenvalue weighted by molar-refractivity contribution is 7.98. The molecule has 0 saturated heterocycles. The van der Waals surface area contributed by atoms with Crippen molar-refractivity contribution in [3.8, 4) is 16.9 Å². The van der Waals surface area contributed by atoms with Gasteiger partial charge in [0, 0.05) is 49.1 Å². The fraction of sp³-hybridized carbons (Fsp3) is 0.324. The molecule has 45 heavy (non-hydrogen) atoms. The van der Waals surface area contributed by atoms with Crippen LogP contribution in [0.5, 0.6) is 5.75 Å². The summed E-state index contributed by atoms with van der Waals surface area (Å²) in [5.74, 6) is 1.53. The van der Waals surface area contributed by atoms with Crippen LogP contribution in [0, 0.1) is 0 Å². The average molecular weight is 623 g/mol. The summed E-state index contributed by atoms with van der Waals surface area (Å²) >= 11 is 1.64. The lowest BCUT2D eigenvalue weighted by molar-refractivity contribution is -0.112. The van der Waals surface area contributed by atoms with Crippen molar-refractivity contribution in [3.63, 3.8) is 0 Å². The number of hydrogen-bond donors (Lipinski definition) is 1. The molecule has 0 aliphatic carbocycles. The summed E-state index contributed by atoms with van der Waals surface area (Å²) in [4.78, 5) is 24.6. The molecule has 0 saturated carbocycles. The summed E-state index contributed by atoms with van der Waals surface area (Å²) in [6.07, 6.45) is 11.3. The van der Waals surface area contributed by atoms with Crippen LogP contribution in [0.25, 0.3) is 17.2 Å². The Morgan fingerprint density at radius 3 is 2.58 bits per heavy atom. The molecule has 7 nitrogen and oxygen atoms in total. The van der Waals surface area contributed by atoms with Crippen molar-refractivity contribution < 1.29 is 14.3 Å². The van der Waals surface area contributed by atoms with Crippen molar-refractivity contribution in [2.24, 2.45) is 0 Å². The van der Waals surface area contributed by atoms with Crippen LogP contribution >= 0.6 is 11.8 Å². The number of nitrogens with zero attached hydrogens (tertiary/aromatic N) is 3. The molecule has 2 aromatic carbocycles. The van der Waals surface area contributed by atoms with Gasteiger partial charge >= 0.3 is 0 Å². The van der Waals surface area contributed by atoms with Gasteiger partial charge in [0.2, 0.25) is 0 Å². The van der Waals surface area contributed by atoms with Crippen LogP contribution < -0.4 is 15.0 Å². The third kappa shape index (κ3) is 9.42. The molecule has 1 aliphatic heterocycles. The number of carbonyl (C=O) groups is 1. The Hall–Kier alpha value is -4.14. The summed E-state index contributed by atoms with van der Waals surface area (Å²) in [5.41, 5.74) is 6.99. The second kappa shape index (κ2) is 16.8. The smallest absolute Gasteiger partial charge is 0.251 e. The van der Waals surface area contributed by atoms with Crippen molar-refractivity contribution in [3.05, 3.63) is 102 Å². The maximum absolute atomic E-state index is 13.5. The number of carbonyl (C=O) groups excluding carboxylic acids is 1. The van der Waals surface area contributed by atoms with Gasteiger partial charge in [-0.05, 0) is 90.1 Å². The third-order valence-electron chi connectivity index (χ3n) is 7.56. The molecule has 1 N–H and O–H groups in total. The number of anilines is 2. The molecule has 0 radical (unpaired) electrons. The lowest BCUT2D eigenvalue weighted by Crippen LogP contribution is -2.26. The van der Waals surface area contributed by atoms with E-state index in [1.165, 1.54) is 0 Å². The van der Waals surface area contributed by atoms with E-state index in [0.29, 0.717) is 25.3 Å². The molecule has 2 aromatic heterocycles. The topological polar surface area (TPSA) is 76.6 Å². The fourth-order valence-electron chi connectivity index (χ4n) is 5.16. The molecule has 0 fully saturated rings. The van der Waals surface area contributed by atoms with Gasteiger partial charge in [-0.25, -0.2) is 4.98 Å². The lowest BCUT2D eigenvalue weighted by Gasteiger charge is -2.25.